The molecular weight excluding hydrogens is 250 g/mol. The highest BCUT2D eigenvalue weighted by Gasteiger charge is 2.06. The zero-order valence-electron chi connectivity index (χ0n) is 10.1. The molecule has 0 amide bonds. The minimum Gasteiger partial charge on any atom is -0.357 e. The van der Waals surface area contributed by atoms with Gasteiger partial charge in [0, 0.05) is 23.6 Å². The Hall–Kier alpha value is -1.95. The van der Waals surface area contributed by atoms with Crippen molar-refractivity contribution in [1.82, 2.24) is 4.98 Å². The maximum atomic E-state index is 10.7. The molecule has 1 aromatic heterocycles. The molecule has 2 aromatic rings. The lowest BCUT2D eigenvalue weighted by Crippen LogP contribution is -1.99. The number of nitro groups is 1. The van der Waals surface area contributed by atoms with Gasteiger partial charge in [-0.15, -0.1) is 11.3 Å². The van der Waals surface area contributed by atoms with Crippen LogP contribution in [0.1, 0.15) is 16.1 Å². The van der Waals surface area contributed by atoms with E-state index in [-0.39, 0.29) is 10.6 Å². The van der Waals surface area contributed by atoms with Crippen molar-refractivity contribution >= 4 is 22.2 Å². The molecule has 2 rings (SSSR count). The van der Waals surface area contributed by atoms with Crippen LogP contribution in [-0.2, 0) is 6.54 Å². The SMILES string of the molecule is Cc1nc(NCc2cccc([N+](=O)[O-])c2)sc1C. The minimum absolute atomic E-state index is 0.112. The summed E-state index contributed by atoms with van der Waals surface area (Å²) in [6, 6.07) is 6.60. The second-order valence-corrected chi connectivity index (χ2v) is 5.14. The second-order valence-electron chi connectivity index (χ2n) is 3.94. The first-order valence-electron chi connectivity index (χ1n) is 5.47. The predicted molar refractivity (Wildman–Crippen MR) is 72.0 cm³/mol. The third-order valence-electron chi connectivity index (χ3n) is 2.59. The Labute approximate surface area is 109 Å². The van der Waals surface area contributed by atoms with Gasteiger partial charge in [0.15, 0.2) is 5.13 Å². The molecule has 0 aliphatic heterocycles. The normalized spacial score (nSPS) is 10.3. The van der Waals surface area contributed by atoms with Gasteiger partial charge in [0.1, 0.15) is 0 Å². The van der Waals surface area contributed by atoms with E-state index in [0.29, 0.717) is 6.54 Å². The number of hydrogen-bond acceptors (Lipinski definition) is 5. The zero-order valence-corrected chi connectivity index (χ0v) is 11.0. The van der Waals surface area contributed by atoms with Crippen LogP contribution in [0.3, 0.4) is 0 Å². The van der Waals surface area contributed by atoms with Gasteiger partial charge < -0.3 is 5.32 Å². The van der Waals surface area contributed by atoms with Gasteiger partial charge >= 0.3 is 0 Å². The largest absolute Gasteiger partial charge is 0.357 e. The molecule has 0 fully saturated rings. The maximum absolute atomic E-state index is 10.7. The van der Waals surface area contributed by atoms with Crippen molar-refractivity contribution in [2.45, 2.75) is 20.4 Å². The summed E-state index contributed by atoms with van der Waals surface area (Å²) in [4.78, 5) is 15.8. The van der Waals surface area contributed by atoms with Crippen molar-refractivity contribution < 1.29 is 4.92 Å². The summed E-state index contributed by atoms with van der Waals surface area (Å²) in [7, 11) is 0. The average Bonchev–Trinajstić information content (AvgIpc) is 2.67. The van der Waals surface area contributed by atoms with Crippen LogP contribution in [-0.4, -0.2) is 9.91 Å². The van der Waals surface area contributed by atoms with Crippen LogP contribution in [0.15, 0.2) is 24.3 Å². The van der Waals surface area contributed by atoms with E-state index in [2.05, 4.69) is 10.3 Å². The van der Waals surface area contributed by atoms with Gasteiger partial charge in [-0.05, 0) is 19.4 Å². The Morgan fingerprint density at radius 2 is 2.22 bits per heavy atom. The minimum atomic E-state index is -0.388. The Balaban J connectivity index is 2.06. The summed E-state index contributed by atoms with van der Waals surface area (Å²) in [5, 5.41) is 14.7. The van der Waals surface area contributed by atoms with Crippen molar-refractivity contribution in [1.29, 1.82) is 0 Å². The highest BCUT2D eigenvalue weighted by molar-refractivity contribution is 7.15. The van der Waals surface area contributed by atoms with E-state index in [4.69, 9.17) is 0 Å². The van der Waals surface area contributed by atoms with Gasteiger partial charge in [-0.1, -0.05) is 12.1 Å². The van der Waals surface area contributed by atoms with Gasteiger partial charge in [-0.2, -0.15) is 0 Å². The monoisotopic (exact) mass is 263 g/mol. The molecule has 0 aliphatic rings. The molecule has 1 N–H and O–H groups in total. The standard InChI is InChI=1S/C12H13N3O2S/c1-8-9(2)18-12(14-8)13-7-10-4-3-5-11(6-10)15(16)17/h3-6H,7H2,1-2H3,(H,13,14). The molecule has 0 atom stereocenters. The van der Waals surface area contributed by atoms with E-state index >= 15 is 0 Å². The molecule has 0 spiro atoms. The van der Waals surface area contributed by atoms with Crippen LogP contribution in [0, 0.1) is 24.0 Å². The number of thiazole rings is 1. The quantitative estimate of drug-likeness (QED) is 0.679. The number of nitro benzene ring substituents is 1. The molecule has 18 heavy (non-hydrogen) atoms. The van der Waals surface area contributed by atoms with Gasteiger partial charge in [0.05, 0.1) is 10.6 Å². The van der Waals surface area contributed by atoms with E-state index in [1.807, 2.05) is 19.9 Å². The molecule has 1 aromatic carbocycles. The molecule has 0 unspecified atom stereocenters. The van der Waals surface area contributed by atoms with E-state index in [9.17, 15) is 10.1 Å². The Morgan fingerprint density at radius 3 is 2.83 bits per heavy atom. The fraction of sp³-hybridized carbons (Fsp3) is 0.250. The number of nitrogens with zero attached hydrogens (tertiary/aromatic N) is 2. The van der Waals surface area contributed by atoms with E-state index < -0.39 is 0 Å². The number of anilines is 1. The lowest BCUT2D eigenvalue weighted by molar-refractivity contribution is -0.384. The van der Waals surface area contributed by atoms with Crippen LogP contribution in [0.5, 0.6) is 0 Å². The number of aryl methyl sites for hydroxylation is 2. The van der Waals surface area contributed by atoms with Crippen LogP contribution < -0.4 is 5.32 Å². The summed E-state index contributed by atoms with van der Waals surface area (Å²) in [6.45, 7) is 4.52. The third kappa shape index (κ3) is 2.84. The number of rotatable bonds is 4. The van der Waals surface area contributed by atoms with E-state index in [1.54, 1.807) is 23.5 Å². The topological polar surface area (TPSA) is 68.1 Å². The molecule has 6 heteroatoms. The van der Waals surface area contributed by atoms with Crippen molar-refractivity contribution in [3.8, 4) is 0 Å². The van der Waals surface area contributed by atoms with Crippen molar-refractivity contribution in [2.75, 3.05) is 5.32 Å². The summed E-state index contributed by atoms with van der Waals surface area (Å²) < 4.78 is 0. The molecule has 0 saturated heterocycles. The maximum Gasteiger partial charge on any atom is 0.269 e. The van der Waals surface area contributed by atoms with Crippen LogP contribution in [0.2, 0.25) is 0 Å². The van der Waals surface area contributed by atoms with Crippen LogP contribution in [0.25, 0.3) is 0 Å². The molecule has 0 radical (unpaired) electrons. The van der Waals surface area contributed by atoms with Crippen molar-refractivity contribution in [3.63, 3.8) is 0 Å². The van der Waals surface area contributed by atoms with Gasteiger partial charge in [0.25, 0.3) is 5.69 Å². The van der Waals surface area contributed by atoms with Gasteiger partial charge in [-0.3, -0.25) is 10.1 Å². The fourth-order valence-electron chi connectivity index (χ4n) is 1.51. The highest BCUT2D eigenvalue weighted by Crippen LogP contribution is 2.22. The van der Waals surface area contributed by atoms with Crippen molar-refractivity contribution in [3.05, 3.63) is 50.5 Å². The Morgan fingerprint density at radius 1 is 1.44 bits per heavy atom. The molecule has 0 aliphatic carbocycles. The summed E-state index contributed by atoms with van der Waals surface area (Å²) in [5.74, 6) is 0. The van der Waals surface area contributed by atoms with E-state index in [1.165, 1.54) is 10.9 Å². The molecule has 0 saturated carbocycles. The molecule has 1 heterocycles. The summed E-state index contributed by atoms with van der Waals surface area (Å²) in [5.41, 5.74) is 2.00. The van der Waals surface area contributed by atoms with E-state index in [0.717, 1.165) is 16.4 Å². The lowest BCUT2D eigenvalue weighted by atomic mass is 10.2. The first-order chi connectivity index (χ1) is 8.56. The average molecular weight is 263 g/mol. The number of non-ortho nitro benzene ring substituents is 1. The highest BCUT2D eigenvalue weighted by atomic mass is 32.1. The summed E-state index contributed by atoms with van der Waals surface area (Å²) >= 11 is 1.59. The number of nitrogens with one attached hydrogen (secondary N) is 1. The molecule has 5 nitrogen and oxygen atoms in total. The third-order valence-corrected chi connectivity index (χ3v) is 3.62. The first-order valence-corrected chi connectivity index (χ1v) is 6.29. The molecule has 0 bridgehead atoms. The Bertz CT molecular complexity index is 561. The predicted octanol–water partition coefficient (Wildman–Crippen LogP) is 3.28. The van der Waals surface area contributed by atoms with Gasteiger partial charge in [-0.25, -0.2) is 4.98 Å². The lowest BCUT2D eigenvalue weighted by Gasteiger charge is -2.02. The van der Waals surface area contributed by atoms with Crippen LogP contribution >= 0.6 is 11.3 Å². The molecule has 94 valence electrons. The second kappa shape index (κ2) is 5.14. The fourth-order valence-corrected chi connectivity index (χ4v) is 2.32. The molecular formula is C12H13N3O2S. The van der Waals surface area contributed by atoms with Gasteiger partial charge in [0.2, 0.25) is 0 Å². The summed E-state index contributed by atoms with van der Waals surface area (Å²) in [6.07, 6.45) is 0. The van der Waals surface area contributed by atoms with Crippen molar-refractivity contribution in [2.24, 2.45) is 0 Å². The number of hydrogen-bond donors (Lipinski definition) is 1. The Kier molecular flexibility index (Phi) is 3.57. The van der Waals surface area contributed by atoms with Crippen LogP contribution in [0.4, 0.5) is 10.8 Å². The smallest absolute Gasteiger partial charge is 0.269 e. The first kappa shape index (κ1) is 12.5. The number of benzene rings is 1. The zero-order chi connectivity index (χ0) is 13.1. The number of aromatic nitrogens is 1.